The molecule has 1 aliphatic rings. The van der Waals surface area contributed by atoms with Crippen molar-refractivity contribution < 1.29 is 13.2 Å². The molecule has 0 bridgehead atoms. The number of sulfonamides is 1. The van der Waals surface area contributed by atoms with Crippen molar-refractivity contribution in [2.75, 3.05) is 41.9 Å². The number of benzene rings is 3. The first-order chi connectivity index (χ1) is 16.3. The Morgan fingerprint density at radius 3 is 2.18 bits per heavy atom. The lowest BCUT2D eigenvalue weighted by atomic mass is 10.2. The van der Waals surface area contributed by atoms with Crippen molar-refractivity contribution in [1.29, 1.82) is 0 Å². The van der Waals surface area contributed by atoms with E-state index >= 15 is 0 Å². The van der Waals surface area contributed by atoms with Gasteiger partial charge in [-0.3, -0.25) is 9.10 Å². The zero-order chi connectivity index (χ0) is 24.3. The largest absolute Gasteiger partial charge is 0.368 e. The van der Waals surface area contributed by atoms with Crippen molar-refractivity contribution in [3.05, 3.63) is 88.9 Å². The van der Waals surface area contributed by atoms with Crippen molar-refractivity contribution >= 4 is 38.9 Å². The van der Waals surface area contributed by atoms with E-state index in [4.69, 9.17) is 11.6 Å². The van der Waals surface area contributed by atoms with Crippen molar-refractivity contribution in [1.82, 2.24) is 4.90 Å². The number of anilines is 2. The molecule has 0 saturated carbocycles. The summed E-state index contributed by atoms with van der Waals surface area (Å²) in [5.41, 5.74) is 3.21. The summed E-state index contributed by atoms with van der Waals surface area (Å²) in [7, 11) is -3.96. The Hall–Kier alpha value is -3.03. The Kier molecular flexibility index (Phi) is 7.14. The first-order valence-corrected chi connectivity index (χ1v) is 13.0. The molecule has 0 spiro atoms. The van der Waals surface area contributed by atoms with Gasteiger partial charge in [0.1, 0.15) is 6.54 Å². The number of hydrogen-bond donors (Lipinski definition) is 0. The summed E-state index contributed by atoms with van der Waals surface area (Å²) in [6.45, 7) is 5.88. The smallest absolute Gasteiger partial charge is 0.264 e. The second-order valence-corrected chi connectivity index (χ2v) is 10.8. The summed E-state index contributed by atoms with van der Waals surface area (Å²) in [4.78, 5) is 17.4. The normalized spacial score (nSPS) is 14.2. The van der Waals surface area contributed by atoms with Crippen LogP contribution < -0.4 is 9.21 Å². The summed E-state index contributed by atoms with van der Waals surface area (Å²) in [6.07, 6.45) is 0. The van der Waals surface area contributed by atoms with E-state index in [2.05, 4.69) is 17.0 Å². The third-order valence-electron chi connectivity index (χ3n) is 6.07. The molecule has 178 valence electrons. The number of piperazine rings is 1. The van der Waals surface area contributed by atoms with Crippen molar-refractivity contribution in [2.24, 2.45) is 0 Å². The Labute approximate surface area is 206 Å². The fraction of sp³-hybridized carbons (Fsp3) is 0.269. The number of rotatable bonds is 6. The average Bonchev–Trinajstić information content (AvgIpc) is 2.84. The third kappa shape index (κ3) is 5.21. The summed E-state index contributed by atoms with van der Waals surface area (Å²) in [6, 6.07) is 21.7. The van der Waals surface area contributed by atoms with Crippen LogP contribution in [0.15, 0.2) is 77.7 Å². The van der Waals surface area contributed by atoms with Gasteiger partial charge < -0.3 is 9.80 Å². The van der Waals surface area contributed by atoms with E-state index in [1.807, 2.05) is 25.1 Å². The number of para-hydroxylation sites is 1. The van der Waals surface area contributed by atoms with Gasteiger partial charge in [-0.15, -0.1) is 0 Å². The van der Waals surface area contributed by atoms with Gasteiger partial charge in [0.05, 0.1) is 10.6 Å². The molecule has 1 fully saturated rings. The molecule has 1 amide bonds. The number of amides is 1. The monoisotopic (exact) mass is 497 g/mol. The second-order valence-electron chi connectivity index (χ2n) is 8.46. The predicted octanol–water partition coefficient (Wildman–Crippen LogP) is 4.50. The zero-order valence-electron chi connectivity index (χ0n) is 19.3. The van der Waals surface area contributed by atoms with Gasteiger partial charge in [-0.1, -0.05) is 47.5 Å². The molecule has 0 unspecified atom stereocenters. The minimum atomic E-state index is -3.96. The summed E-state index contributed by atoms with van der Waals surface area (Å²) < 4.78 is 28.5. The molecule has 3 aromatic carbocycles. The molecule has 0 N–H and O–H groups in total. The molecular weight excluding hydrogens is 470 g/mol. The van der Waals surface area contributed by atoms with Gasteiger partial charge >= 0.3 is 0 Å². The van der Waals surface area contributed by atoms with Crippen molar-refractivity contribution in [3.63, 3.8) is 0 Å². The zero-order valence-corrected chi connectivity index (χ0v) is 20.9. The van der Waals surface area contributed by atoms with Crippen LogP contribution in [-0.4, -0.2) is 51.9 Å². The SMILES string of the molecule is Cc1ccc(S(=O)(=O)N(CC(=O)N2CCN(c3ccccc3)CC2)c2ccc(Cl)cc2C)cc1. The van der Waals surface area contributed by atoms with Crippen LogP contribution in [-0.2, 0) is 14.8 Å². The van der Waals surface area contributed by atoms with Crippen molar-refractivity contribution in [3.8, 4) is 0 Å². The number of hydrogen-bond acceptors (Lipinski definition) is 4. The van der Waals surface area contributed by atoms with Crippen LogP contribution >= 0.6 is 11.6 Å². The first-order valence-electron chi connectivity index (χ1n) is 11.2. The Morgan fingerprint density at radius 1 is 0.912 bits per heavy atom. The lowest BCUT2D eigenvalue weighted by Crippen LogP contribution is -2.52. The van der Waals surface area contributed by atoms with Crippen LogP contribution in [0.25, 0.3) is 0 Å². The van der Waals surface area contributed by atoms with Crippen molar-refractivity contribution in [2.45, 2.75) is 18.7 Å². The minimum Gasteiger partial charge on any atom is -0.368 e. The van der Waals surface area contributed by atoms with E-state index in [0.29, 0.717) is 42.5 Å². The van der Waals surface area contributed by atoms with Crippen LogP contribution in [0.2, 0.25) is 5.02 Å². The number of halogens is 1. The number of carbonyl (C=O) groups is 1. The molecule has 0 aliphatic carbocycles. The van der Waals surface area contributed by atoms with Gasteiger partial charge in [-0.05, 0) is 61.9 Å². The fourth-order valence-corrected chi connectivity index (χ4v) is 5.82. The summed E-state index contributed by atoms with van der Waals surface area (Å²) >= 11 is 6.11. The maximum atomic E-state index is 13.7. The maximum absolute atomic E-state index is 13.7. The third-order valence-corrected chi connectivity index (χ3v) is 8.08. The van der Waals surface area contributed by atoms with Crippen LogP contribution in [0, 0.1) is 13.8 Å². The Morgan fingerprint density at radius 2 is 1.56 bits per heavy atom. The van der Waals surface area contributed by atoms with Crippen LogP contribution in [0.4, 0.5) is 11.4 Å². The van der Waals surface area contributed by atoms with Gasteiger partial charge in [0.15, 0.2) is 0 Å². The van der Waals surface area contributed by atoms with Gasteiger partial charge in [-0.25, -0.2) is 8.42 Å². The topological polar surface area (TPSA) is 60.9 Å². The molecule has 3 aromatic rings. The van der Waals surface area contributed by atoms with E-state index in [1.165, 1.54) is 4.31 Å². The standard InChI is InChI=1S/C26H28ClN3O3S/c1-20-8-11-24(12-9-20)34(32,33)30(25-13-10-22(27)18-21(25)2)19-26(31)29-16-14-28(15-17-29)23-6-4-3-5-7-23/h3-13,18H,14-17,19H2,1-2H3. The molecule has 0 aromatic heterocycles. The second kappa shape index (κ2) is 10.1. The molecule has 6 nitrogen and oxygen atoms in total. The first kappa shape index (κ1) is 24.1. The Balaban J connectivity index is 1.57. The van der Waals surface area contributed by atoms with Gasteiger partial charge in [0.25, 0.3) is 10.0 Å². The van der Waals surface area contributed by atoms with Crippen LogP contribution in [0.3, 0.4) is 0 Å². The average molecular weight is 498 g/mol. The van der Waals surface area contributed by atoms with Gasteiger partial charge in [0, 0.05) is 36.9 Å². The lowest BCUT2D eigenvalue weighted by molar-refractivity contribution is -0.129. The highest BCUT2D eigenvalue weighted by atomic mass is 35.5. The maximum Gasteiger partial charge on any atom is 0.264 e. The Bertz CT molecular complexity index is 1260. The molecule has 1 saturated heterocycles. The van der Waals surface area contributed by atoms with Gasteiger partial charge in [-0.2, -0.15) is 0 Å². The summed E-state index contributed by atoms with van der Waals surface area (Å²) in [5.74, 6) is -0.224. The van der Waals surface area contributed by atoms with Crippen LogP contribution in [0.5, 0.6) is 0 Å². The molecule has 0 radical (unpaired) electrons. The quantitative estimate of drug-likeness (QED) is 0.503. The number of aryl methyl sites for hydroxylation is 2. The molecule has 4 rings (SSSR count). The fourth-order valence-electron chi connectivity index (χ4n) is 4.11. The molecule has 8 heteroatoms. The summed E-state index contributed by atoms with van der Waals surface area (Å²) in [5, 5.41) is 0.511. The molecule has 1 heterocycles. The predicted molar refractivity (Wildman–Crippen MR) is 137 cm³/mol. The van der Waals surface area contributed by atoms with Gasteiger partial charge in [0.2, 0.25) is 5.91 Å². The molecule has 34 heavy (non-hydrogen) atoms. The molecular formula is C26H28ClN3O3S. The van der Waals surface area contributed by atoms with E-state index in [0.717, 1.165) is 11.3 Å². The lowest BCUT2D eigenvalue weighted by Gasteiger charge is -2.37. The minimum absolute atomic E-state index is 0.147. The molecule has 0 atom stereocenters. The van der Waals surface area contributed by atoms with E-state index < -0.39 is 10.0 Å². The van der Waals surface area contributed by atoms with E-state index in [9.17, 15) is 13.2 Å². The highest BCUT2D eigenvalue weighted by molar-refractivity contribution is 7.92. The number of carbonyl (C=O) groups excluding carboxylic acids is 1. The highest BCUT2D eigenvalue weighted by Gasteiger charge is 2.31. The molecule has 1 aliphatic heterocycles. The highest BCUT2D eigenvalue weighted by Crippen LogP contribution is 2.29. The number of nitrogens with zero attached hydrogens (tertiary/aromatic N) is 3. The van der Waals surface area contributed by atoms with Crippen LogP contribution in [0.1, 0.15) is 11.1 Å². The van der Waals surface area contributed by atoms with E-state index in [-0.39, 0.29) is 17.3 Å². The van der Waals surface area contributed by atoms with E-state index in [1.54, 1.807) is 54.3 Å².